The van der Waals surface area contributed by atoms with E-state index in [0.717, 1.165) is 0 Å². The smallest absolute Gasteiger partial charge is 0.155 e. The Labute approximate surface area is 46.8 Å². The number of tetrazole rings is 1. The van der Waals surface area contributed by atoms with Crippen molar-refractivity contribution in [3.05, 3.63) is 25.5 Å². The fourth-order valence-corrected chi connectivity index (χ4v) is 0.338. The number of rotatable bonds is 2. The second-order valence-corrected chi connectivity index (χ2v) is 1.14. The average molecular weight is 109 g/mol. The van der Waals surface area contributed by atoms with Crippen LogP contribution >= 0.6 is 0 Å². The number of nitrogens with zero attached hydrogens (tertiary/aromatic N) is 4. The van der Waals surface area contributed by atoms with Crippen molar-refractivity contribution in [1.82, 2.24) is 20.2 Å². The molecule has 1 aromatic heterocycles. The molecule has 0 aliphatic rings. The molecule has 0 saturated carbocycles. The van der Waals surface area contributed by atoms with Crippen molar-refractivity contribution < 1.29 is 0 Å². The van der Waals surface area contributed by atoms with Crippen molar-refractivity contribution in [2.45, 2.75) is 0 Å². The second-order valence-electron chi connectivity index (χ2n) is 1.14. The van der Waals surface area contributed by atoms with Gasteiger partial charge in [-0.15, -0.1) is 16.8 Å². The van der Waals surface area contributed by atoms with Crippen molar-refractivity contribution in [1.29, 1.82) is 0 Å². The molecule has 0 aliphatic heterocycles. The van der Waals surface area contributed by atoms with Gasteiger partial charge in [0.15, 0.2) is 6.33 Å². The number of hydrogen-bond acceptors (Lipinski definition) is 3. The van der Waals surface area contributed by atoms with Crippen molar-refractivity contribution in [3.8, 4) is 0 Å². The van der Waals surface area contributed by atoms with E-state index in [9.17, 15) is 0 Å². The Morgan fingerprint density at radius 3 is 3.00 bits per heavy atom. The predicted molar refractivity (Wildman–Crippen MR) is 27.7 cm³/mol. The summed E-state index contributed by atoms with van der Waals surface area (Å²) in [5.41, 5.74) is 0. The monoisotopic (exact) mass is 109 g/mol. The topological polar surface area (TPSA) is 43.6 Å². The molecule has 0 amide bonds. The highest BCUT2D eigenvalue weighted by atomic mass is 15.6. The molecule has 0 aliphatic carbocycles. The Balaban J connectivity index is 2.62. The maximum atomic E-state index is 3.67. The largest absolute Gasteiger partial charge is 0.162 e. The van der Waals surface area contributed by atoms with Gasteiger partial charge in [0.1, 0.15) is 6.54 Å². The molecular weight excluding hydrogens is 104 g/mol. The minimum atomic E-state index is 1.33. The van der Waals surface area contributed by atoms with Crippen molar-refractivity contribution >= 4 is 0 Å². The molecule has 0 aromatic carbocycles. The zero-order chi connectivity index (χ0) is 5.82. The Morgan fingerprint density at radius 2 is 2.50 bits per heavy atom. The van der Waals surface area contributed by atoms with Gasteiger partial charge in [-0.25, -0.2) is 0 Å². The molecule has 0 N–H and O–H groups in total. The summed E-state index contributed by atoms with van der Waals surface area (Å²) in [6.07, 6.45) is 2.95. The molecule has 0 saturated heterocycles. The zero-order valence-corrected chi connectivity index (χ0v) is 4.23. The molecule has 1 aromatic rings. The molecular formula is C4H5N4. The lowest BCUT2D eigenvalue weighted by Crippen LogP contribution is -1.96. The van der Waals surface area contributed by atoms with Gasteiger partial charge in [-0.3, -0.25) is 0 Å². The van der Waals surface area contributed by atoms with Gasteiger partial charge < -0.3 is 0 Å². The molecule has 1 rings (SSSR count). The molecule has 0 spiro atoms. The van der Waals surface area contributed by atoms with E-state index >= 15 is 0 Å². The fraction of sp³-hybridized carbons (Fsp3) is 0. The summed E-state index contributed by atoms with van der Waals surface area (Å²) >= 11 is 0. The summed E-state index contributed by atoms with van der Waals surface area (Å²) < 4.78 is 0. The van der Waals surface area contributed by atoms with Crippen LogP contribution in [0.4, 0.5) is 0 Å². The number of aromatic nitrogens is 4. The summed E-state index contributed by atoms with van der Waals surface area (Å²) in [6.45, 7) is 5.06. The summed E-state index contributed by atoms with van der Waals surface area (Å²) in [5.74, 6) is 0. The Kier molecular flexibility index (Phi) is 1.37. The van der Waals surface area contributed by atoms with Crippen molar-refractivity contribution in [3.63, 3.8) is 0 Å². The van der Waals surface area contributed by atoms with Gasteiger partial charge in [0.2, 0.25) is 0 Å². The summed E-state index contributed by atoms with van der Waals surface area (Å²) in [4.78, 5) is 1.33. The quantitative estimate of drug-likeness (QED) is 0.531. The Morgan fingerprint density at radius 1 is 1.62 bits per heavy atom. The van der Waals surface area contributed by atoms with Crippen LogP contribution in [-0.2, 0) is 0 Å². The van der Waals surface area contributed by atoms with E-state index in [1.54, 1.807) is 12.6 Å². The summed E-state index contributed by atoms with van der Waals surface area (Å²) in [7, 11) is 0. The maximum Gasteiger partial charge on any atom is 0.162 e. The fourth-order valence-electron chi connectivity index (χ4n) is 0.338. The van der Waals surface area contributed by atoms with Gasteiger partial charge in [-0.2, -0.15) is 4.80 Å². The summed E-state index contributed by atoms with van der Waals surface area (Å²) in [6, 6.07) is 0. The highest BCUT2D eigenvalue weighted by molar-refractivity contribution is 4.83. The van der Waals surface area contributed by atoms with Gasteiger partial charge in [0.25, 0.3) is 0 Å². The minimum Gasteiger partial charge on any atom is -0.155 e. The molecule has 41 valence electrons. The Bertz CT molecular complexity index is 155. The third-order valence-corrected chi connectivity index (χ3v) is 0.604. The van der Waals surface area contributed by atoms with E-state index in [2.05, 4.69) is 22.0 Å². The van der Waals surface area contributed by atoms with Crippen LogP contribution in [-0.4, -0.2) is 20.2 Å². The van der Waals surface area contributed by atoms with Gasteiger partial charge in [-0.05, 0) is 5.21 Å². The summed E-state index contributed by atoms with van der Waals surface area (Å²) in [5, 5.41) is 10.7. The lowest BCUT2D eigenvalue weighted by atomic mass is 10.7. The van der Waals surface area contributed by atoms with E-state index in [1.807, 2.05) is 0 Å². The predicted octanol–water partition coefficient (Wildman–Crippen LogP) is -0.131. The van der Waals surface area contributed by atoms with Gasteiger partial charge >= 0.3 is 0 Å². The van der Waals surface area contributed by atoms with Crippen LogP contribution in [0.2, 0.25) is 0 Å². The highest BCUT2D eigenvalue weighted by Crippen LogP contribution is 1.75. The number of allylic oxidation sites excluding steroid dienone is 1. The molecule has 0 unspecified atom stereocenters. The van der Waals surface area contributed by atoms with Crippen LogP contribution in [0.25, 0.3) is 0 Å². The lowest BCUT2D eigenvalue weighted by molar-refractivity contribution is 0.683. The molecule has 1 radical (unpaired) electrons. The first-order valence-electron chi connectivity index (χ1n) is 2.12. The maximum absolute atomic E-state index is 3.67. The first kappa shape index (κ1) is 4.96. The highest BCUT2D eigenvalue weighted by Gasteiger charge is 1.83. The molecule has 4 heteroatoms. The zero-order valence-electron chi connectivity index (χ0n) is 4.23. The standard InChI is InChI=1S/C4H5N4/c1-2-3-8-6-4-5-7-8/h2-4H,1H2. The minimum absolute atomic E-state index is 1.33. The van der Waals surface area contributed by atoms with E-state index < -0.39 is 0 Å². The first-order chi connectivity index (χ1) is 3.93. The van der Waals surface area contributed by atoms with Crippen molar-refractivity contribution in [2.75, 3.05) is 0 Å². The van der Waals surface area contributed by atoms with E-state index in [4.69, 9.17) is 0 Å². The lowest BCUT2D eigenvalue weighted by Gasteiger charge is -1.83. The molecule has 0 fully saturated rings. The van der Waals surface area contributed by atoms with Gasteiger partial charge in [0.05, 0.1) is 0 Å². The number of hydrogen-bond donors (Lipinski definition) is 0. The second kappa shape index (κ2) is 2.20. The molecule has 4 nitrogen and oxygen atoms in total. The van der Waals surface area contributed by atoms with E-state index in [0.29, 0.717) is 0 Å². The van der Waals surface area contributed by atoms with Crippen LogP contribution in [0.3, 0.4) is 0 Å². The third-order valence-electron chi connectivity index (χ3n) is 0.604. The molecule has 1 heterocycles. The Hall–Kier alpha value is -1.19. The molecule has 0 atom stereocenters. The van der Waals surface area contributed by atoms with Crippen LogP contribution in [0.5, 0.6) is 0 Å². The van der Waals surface area contributed by atoms with Crippen LogP contribution < -0.4 is 0 Å². The molecule has 8 heavy (non-hydrogen) atoms. The normalized spacial score (nSPS) is 9.00. The van der Waals surface area contributed by atoms with E-state index in [1.165, 1.54) is 11.1 Å². The molecule has 0 bridgehead atoms. The van der Waals surface area contributed by atoms with Crippen LogP contribution in [0.15, 0.2) is 19.0 Å². The third kappa shape index (κ3) is 0.900. The SMILES string of the molecule is C=C[CH]n1ncnn1. The van der Waals surface area contributed by atoms with Gasteiger partial charge in [0, 0.05) is 0 Å². The van der Waals surface area contributed by atoms with Gasteiger partial charge in [-0.1, -0.05) is 6.08 Å². The first-order valence-corrected chi connectivity index (χ1v) is 2.12. The van der Waals surface area contributed by atoms with Crippen LogP contribution in [0.1, 0.15) is 0 Å². The average Bonchev–Trinajstić information content (AvgIpc) is 2.19. The van der Waals surface area contributed by atoms with Crippen LogP contribution in [0, 0.1) is 6.54 Å². The van der Waals surface area contributed by atoms with E-state index in [-0.39, 0.29) is 0 Å². The van der Waals surface area contributed by atoms with Crippen molar-refractivity contribution in [2.24, 2.45) is 0 Å².